The number of ether oxygens (including phenoxy) is 1. The molecule has 0 atom stereocenters. The summed E-state index contributed by atoms with van der Waals surface area (Å²) >= 11 is 0. The van der Waals surface area contributed by atoms with E-state index in [1.807, 2.05) is 47.4 Å². The molecule has 2 aliphatic heterocycles. The number of rotatable bonds is 2. The first-order valence-electron chi connectivity index (χ1n) is 9.59. The molecule has 1 fully saturated rings. The molecule has 0 unspecified atom stereocenters. The highest BCUT2D eigenvalue weighted by Crippen LogP contribution is 2.37. The standard InChI is InChI=1S/C22H25N3O2/c1-16(2)15-21(26)24-11-13-25(14-12-24)22-17-7-3-5-9-19(17)27-20-10-6-4-8-18(20)23-22/h3-10,16H,11-15H2,1-2H3. The van der Waals surface area contributed by atoms with Crippen LogP contribution in [0.2, 0.25) is 0 Å². The zero-order chi connectivity index (χ0) is 18.8. The van der Waals surface area contributed by atoms with Gasteiger partial charge in [0, 0.05) is 32.6 Å². The fourth-order valence-corrected chi connectivity index (χ4v) is 3.56. The second-order valence-corrected chi connectivity index (χ2v) is 7.47. The Labute approximate surface area is 160 Å². The Bertz CT molecular complexity index is 867. The van der Waals surface area contributed by atoms with Crippen LogP contribution in [0.3, 0.4) is 0 Å². The number of carbonyl (C=O) groups is 1. The normalized spacial score (nSPS) is 16.2. The average Bonchev–Trinajstić information content (AvgIpc) is 2.84. The maximum Gasteiger partial charge on any atom is 0.222 e. The van der Waals surface area contributed by atoms with E-state index in [2.05, 4.69) is 24.8 Å². The van der Waals surface area contributed by atoms with Crippen LogP contribution in [0.15, 0.2) is 53.5 Å². The van der Waals surface area contributed by atoms with E-state index in [4.69, 9.17) is 9.73 Å². The van der Waals surface area contributed by atoms with Gasteiger partial charge in [-0.25, -0.2) is 4.99 Å². The number of carbonyl (C=O) groups excluding carboxylic acids is 1. The van der Waals surface area contributed by atoms with E-state index in [1.54, 1.807) is 0 Å². The van der Waals surface area contributed by atoms with Crippen LogP contribution in [0, 0.1) is 5.92 Å². The maximum absolute atomic E-state index is 12.4. The molecular formula is C22H25N3O2. The first-order chi connectivity index (χ1) is 13.1. The zero-order valence-corrected chi connectivity index (χ0v) is 15.9. The molecular weight excluding hydrogens is 338 g/mol. The highest BCUT2D eigenvalue weighted by atomic mass is 16.5. The van der Waals surface area contributed by atoms with E-state index >= 15 is 0 Å². The summed E-state index contributed by atoms with van der Waals surface area (Å²) in [6.45, 7) is 7.19. The molecule has 140 valence electrons. The predicted molar refractivity (Wildman–Crippen MR) is 107 cm³/mol. The predicted octanol–water partition coefficient (Wildman–Crippen LogP) is 4.06. The molecule has 27 heavy (non-hydrogen) atoms. The largest absolute Gasteiger partial charge is 0.454 e. The number of amides is 1. The fraction of sp³-hybridized carbons (Fsp3) is 0.364. The maximum atomic E-state index is 12.4. The summed E-state index contributed by atoms with van der Waals surface area (Å²) in [6, 6.07) is 15.9. The average molecular weight is 363 g/mol. The van der Waals surface area contributed by atoms with Gasteiger partial charge in [0.05, 0.1) is 5.56 Å². The number of hydrogen-bond acceptors (Lipinski definition) is 4. The van der Waals surface area contributed by atoms with Gasteiger partial charge in [-0.15, -0.1) is 0 Å². The Morgan fingerprint density at radius 2 is 1.67 bits per heavy atom. The monoisotopic (exact) mass is 363 g/mol. The summed E-state index contributed by atoms with van der Waals surface area (Å²) < 4.78 is 6.12. The van der Waals surface area contributed by atoms with Crippen molar-refractivity contribution >= 4 is 17.4 Å². The van der Waals surface area contributed by atoms with Crippen LogP contribution in [-0.2, 0) is 4.79 Å². The molecule has 0 aromatic heterocycles. The molecule has 0 saturated carbocycles. The van der Waals surface area contributed by atoms with Crippen LogP contribution in [0.1, 0.15) is 25.8 Å². The fourth-order valence-electron chi connectivity index (χ4n) is 3.56. The van der Waals surface area contributed by atoms with E-state index in [1.165, 1.54) is 0 Å². The van der Waals surface area contributed by atoms with Gasteiger partial charge in [-0.1, -0.05) is 38.1 Å². The third-order valence-electron chi connectivity index (χ3n) is 4.95. The molecule has 1 saturated heterocycles. The number of amidine groups is 1. The van der Waals surface area contributed by atoms with Crippen molar-refractivity contribution in [2.75, 3.05) is 26.2 Å². The Morgan fingerprint density at radius 1 is 1.00 bits per heavy atom. The number of hydrogen-bond donors (Lipinski definition) is 0. The Hall–Kier alpha value is -2.82. The molecule has 0 spiro atoms. The Kier molecular flexibility index (Phi) is 4.84. The molecule has 0 aliphatic carbocycles. The number of piperazine rings is 1. The quantitative estimate of drug-likeness (QED) is 0.808. The van der Waals surface area contributed by atoms with E-state index in [9.17, 15) is 4.79 Å². The van der Waals surface area contributed by atoms with Gasteiger partial charge in [-0.3, -0.25) is 4.79 Å². The smallest absolute Gasteiger partial charge is 0.222 e. The van der Waals surface area contributed by atoms with Crippen LogP contribution in [0.25, 0.3) is 0 Å². The molecule has 2 aromatic rings. The lowest BCUT2D eigenvalue weighted by atomic mass is 10.1. The third kappa shape index (κ3) is 3.68. The summed E-state index contributed by atoms with van der Waals surface area (Å²) in [5, 5.41) is 0. The number of aliphatic imine (C=N–C) groups is 1. The minimum absolute atomic E-state index is 0.251. The molecule has 2 aliphatic rings. The summed E-state index contributed by atoms with van der Waals surface area (Å²) in [4.78, 5) is 21.5. The lowest BCUT2D eigenvalue weighted by Crippen LogP contribution is -2.51. The van der Waals surface area contributed by atoms with Gasteiger partial charge < -0.3 is 14.5 Å². The summed E-state index contributed by atoms with van der Waals surface area (Å²) in [5.74, 6) is 3.15. The first kappa shape index (κ1) is 17.6. The highest BCUT2D eigenvalue weighted by molar-refractivity contribution is 6.03. The van der Waals surface area contributed by atoms with Crippen LogP contribution >= 0.6 is 0 Å². The van der Waals surface area contributed by atoms with Crippen LogP contribution < -0.4 is 4.74 Å². The molecule has 0 radical (unpaired) electrons. The minimum atomic E-state index is 0.251. The van der Waals surface area contributed by atoms with Gasteiger partial charge in [0.25, 0.3) is 0 Å². The van der Waals surface area contributed by atoms with Crippen LogP contribution in [0.5, 0.6) is 11.5 Å². The van der Waals surface area contributed by atoms with Crippen LogP contribution in [-0.4, -0.2) is 47.7 Å². The minimum Gasteiger partial charge on any atom is -0.454 e. The van der Waals surface area contributed by atoms with E-state index in [0.717, 1.165) is 54.8 Å². The van der Waals surface area contributed by atoms with Crippen molar-refractivity contribution in [3.8, 4) is 11.5 Å². The lowest BCUT2D eigenvalue weighted by molar-refractivity contribution is -0.133. The van der Waals surface area contributed by atoms with Gasteiger partial charge in [-0.2, -0.15) is 0 Å². The van der Waals surface area contributed by atoms with Crippen molar-refractivity contribution in [3.63, 3.8) is 0 Å². The molecule has 5 nitrogen and oxygen atoms in total. The number of nitrogens with zero attached hydrogens (tertiary/aromatic N) is 3. The molecule has 0 bridgehead atoms. The van der Waals surface area contributed by atoms with Crippen molar-refractivity contribution in [2.24, 2.45) is 10.9 Å². The Balaban J connectivity index is 1.60. The lowest BCUT2D eigenvalue weighted by Gasteiger charge is -2.36. The van der Waals surface area contributed by atoms with Crippen molar-refractivity contribution in [3.05, 3.63) is 54.1 Å². The third-order valence-corrected chi connectivity index (χ3v) is 4.95. The SMILES string of the molecule is CC(C)CC(=O)N1CCN(C2=Nc3ccccc3Oc3ccccc32)CC1. The molecule has 1 amide bonds. The number of para-hydroxylation sites is 3. The van der Waals surface area contributed by atoms with Crippen molar-refractivity contribution in [1.82, 2.24) is 9.80 Å². The second kappa shape index (κ2) is 7.43. The van der Waals surface area contributed by atoms with Gasteiger partial charge in [0.15, 0.2) is 5.75 Å². The molecule has 4 rings (SSSR count). The summed E-state index contributed by atoms with van der Waals surface area (Å²) in [6.07, 6.45) is 0.616. The van der Waals surface area contributed by atoms with Crippen molar-refractivity contribution < 1.29 is 9.53 Å². The highest BCUT2D eigenvalue weighted by Gasteiger charge is 2.27. The summed E-state index contributed by atoms with van der Waals surface area (Å²) in [5.41, 5.74) is 1.83. The van der Waals surface area contributed by atoms with Crippen molar-refractivity contribution in [2.45, 2.75) is 20.3 Å². The van der Waals surface area contributed by atoms with E-state index in [-0.39, 0.29) is 5.91 Å². The van der Waals surface area contributed by atoms with Gasteiger partial charge in [0.2, 0.25) is 5.91 Å². The van der Waals surface area contributed by atoms with Gasteiger partial charge in [0.1, 0.15) is 17.3 Å². The van der Waals surface area contributed by atoms with Crippen molar-refractivity contribution in [1.29, 1.82) is 0 Å². The van der Waals surface area contributed by atoms with E-state index < -0.39 is 0 Å². The molecule has 2 heterocycles. The summed E-state index contributed by atoms with van der Waals surface area (Å²) in [7, 11) is 0. The Morgan fingerprint density at radius 3 is 2.41 bits per heavy atom. The van der Waals surface area contributed by atoms with E-state index in [0.29, 0.717) is 12.3 Å². The number of benzene rings is 2. The van der Waals surface area contributed by atoms with Gasteiger partial charge in [-0.05, 0) is 30.2 Å². The zero-order valence-electron chi connectivity index (χ0n) is 15.9. The second-order valence-electron chi connectivity index (χ2n) is 7.47. The topological polar surface area (TPSA) is 45.1 Å². The molecule has 2 aromatic carbocycles. The number of fused-ring (bicyclic) bond motifs is 2. The van der Waals surface area contributed by atoms with Gasteiger partial charge >= 0.3 is 0 Å². The molecule has 5 heteroatoms. The van der Waals surface area contributed by atoms with Crippen LogP contribution in [0.4, 0.5) is 5.69 Å². The molecule has 0 N–H and O–H groups in total. The first-order valence-corrected chi connectivity index (χ1v) is 9.59.